The van der Waals surface area contributed by atoms with Gasteiger partial charge in [-0.05, 0) is 49.5 Å². The van der Waals surface area contributed by atoms with Crippen molar-refractivity contribution in [2.75, 3.05) is 18.4 Å². The van der Waals surface area contributed by atoms with Gasteiger partial charge in [0.25, 0.3) is 0 Å². The number of hydrogen-bond donors (Lipinski definition) is 3. The van der Waals surface area contributed by atoms with Gasteiger partial charge in [-0.25, -0.2) is 0 Å². The molecule has 1 aromatic heterocycles. The van der Waals surface area contributed by atoms with Crippen LogP contribution in [0.2, 0.25) is 0 Å². The Morgan fingerprint density at radius 1 is 1.11 bits per heavy atom. The first-order valence-corrected chi connectivity index (χ1v) is 9.47. The number of nitrogens with zero attached hydrogens (tertiary/aromatic N) is 2. The molecule has 1 saturated heterocycles. The summed E-state index contributed by atoms with van der Waals surface area (Å²) >= 11 is 0. The summed E-state index contributed by atoms with van der Waals surface area (Å²) < 4.78 is 0. The summed E-state index contributed by atoms with van der Waals surface area (Å²) in [7, 11) is 0. The Hall–Kier alpha value is -2.97. The maximum Gasteiger partial charge on any atom is 0.313 e. The molecule has 28 heavy (non-hydrogen) atoms. The van der Waals surface area contributed by atoms with E-state index in [1.54, 1.807) is 4.90 Å². The molecule has 3 rings (SSSR count). The lowest BCUT2D eigenvalue weighted by molar-refractivity contribution is -0.145. The number of fused-ring (bicyclic) bond motifs is 1. The smallest absolute Gasteiger partial charge is 0.313 e. The highest BCUT2D eigenvalue weighted by molar-refractivity contribution is 6.39. The van der Waals surface area contributed by atoms with Crippen LogP contribution >= 0.6 is 0 Å². The molecule has 1 aliphatic heterocycles. The normalized spacial score (nSPS) is 24.1. The van der Waals surface area contributed by atoms with Crippen molar-refractivity contribution in [1.82, 2.24) is 9.88 Å². The molecule has 1 aromatic rings. The van der Waals surface area contributed by atoms with Gasteiger partial charge in [0.15, 0.2) is 0 Å². The largest absolute Gasteiger partial charge is 0.370 e. The van der Waals surface area contributed by atoms with Crippen LogP contribution in [-0.4, -0.2) is 46.6 Å². The third-order valence-corrected chi connectivity index (χ3v) is 5.73. The Morgan fingerprint density at radius 2 is 1.89 bits per heavy atom. The summed E-state index contributed by atoms with van der Waals surface area (Å²) in [4.78, 5) is 52.6. The molecule has 4 amide bonds. The van der Waals surface area contributed by atoms with E-state index in [1.165, 1.54) is 18.5 Å². The highest BCUT2D eigenvalue weighted by Gasteiger charge is 2.37. The zero-order valence-electron chi connectivity index (χ0n) is 15.6. The zero-order valence-corrected chi connectivity index (χ0v) is 15.6. The van der Waals surface area contributed by atoms with Crippen LogP contribution in [0.5, 0.6) is 0 Å². The lowest BCUT2D eigenvalue weighted by atomic mass is 9.70. The van der Waals surface area contributed by atoms with Crippen LogP contribution < -0.4 is 16.8 Å². The number of anilines is 1. The van der Waals surface area contributed by atoms with Crippen LogP contribution in [0.1, 0.15) is 42.5 Å². The van der Waals surface area contributed by atoms with Crippen molar-refractivity contribution < 1.29 is 19.2 Å². The predicted molar refractivity (Wildman–Crippen MR) is 101 cm³/mol. The van der Waals surface area contributed by atoms with Crippen molar-refractivity contribution in [3.05, 3.63) is 24.0 Å². The average molecular weight is 387 g/mol. The molecule has 0 spiro atoms. The summed E-state index contributed by atoms with van der Waals surface area (Å²) in [5, 5.41) is 2.48. The monoisotopic (exact) mass is 387 g/mol. The number of hydrogen-bond acceptors (Lipinski definition) is 5. The van der Waals surface area contributed by atoms with Crippen LogP contribution in [0.25, 0.3) is 0 Å². The van der Waals surface area contributed by atoms with E-state index in [0.717, 1.165) is 25.7 Å². The van der Waals surface area contributed by atoms with Crippen molar-refractivity contribution in [3.8, 4) is 0 Å². The molecular formula is C19H25N5O4. The number of pyridine rings is 1. The Balaban J connectivity index is 1.56. The second-order valence-corrected chi connectivity index (χ2v) is 7.69. The van der Waals surface area contributed by atoms with Crippen molar-refractivity contribution in [2.24, 2.45) is 29.2 Å². The van der Waals surface area contributed by atoms with E-state index in [-0.39, 0.29) is 17.2 Å². The summed E-state index contributed by atoms with van der Waals surface area (Å²) in [6, 6.07) is 1.38. The molecule has 150 valence electrons. The fraction of sp³-hybridized carbons (Fsp3) is 0.526. The Bertz CT molecular complexity index is 796. The lowest BCUT2D eigenvalue weighted by Gasteiger charge is -2.43. The van der Waals surface area contributed by atoms with Crippen molar-refractivity contribution in [3.63, 3.8) is 0 Å². The van der Waals surface area contributed by atoms with Gasteiger partial charge < -0.3 is 21.7 Å². The number of carbonyl (C=O) groups excluding carboxylic acids is 4. The van der Waals surface area contributed by atoms with Crippen LogP contribution in [0, 0.1) is 17.8 Å². The maximum atomic E-state index is 12.5. The Labute approximate surface area is 162 Å². The number of rotatable bonds is 4. The number of nitrogens with two attached hydrogens (primary N) is 2. The molecule has 3 unspecified atom stereocenters. The Morgan fingerprint density at radius 3 is 2.61 bits per heavy atom. The van der Waals surface area contributed by atoms with Crippen molar-refractivity contribution in [2.45, 2.75) is 32.1 Å². The quantitative estimate of drug-likeness (QED) is 0.634. The van der Waals surface area contributed by atoms with Crippen LogP contribution in [0.3, 0.4) is 0 Å². The SMILES string of the molecule is NC(=O)CC1CCC2CN(C(=O)C(=O)Nc3cncc(C(N)=O)c3)CCC2C1. The first-order chi connectivity index (χ1) is 13.3. The molecule has 0 aromatic carbocycles. The van der Waals surface area contributed by atoms with E-state index in [9.17, 15) is 19.2 Å². The van der Waals surface area contributed by atoms with E-state index in [1.807, 2.05) is 0 Å². The molecule has 1 aliphatic carbocycles. The number of amides is 4. The number of likely N-dealkylation sites (tertiary alicyclic amines) is 1. The number of carbonyl (C=O) groups is 4. The molecule has 2 aliphatic rings. The molecule has 0 radical (unpaired) electrons. The van der Waals surface area contributed by atoms with Gasteiger partial charge in [-0.2, -0.15) is 0 Å². The standard InChI is InChI=1S/C19H25N5O4/c20-16(25)6-11-1-2-13-10-24(4-3-12(13)5-11)19(28)18(27)23-15-7-14(17(21)26)8-22-9-15/h7-9,11-13H,1-6,10H2,(H2,20,25)(H2,21,26)(H,23,27). The van der Waals surface area contributed by atoms with Gasteiger partial charge in [-0.1, -0.05) is 0 Å². The van der Waals surface area contributed by atoms with E-state index < -0.39 is 17.7 Å². The van der Waals surface area contributed by atoms with Crippen LogP contribution in [0.15, 0.2) is 18.5 Å². The van der Waals surface area contributed by atoms with Gasteiger partial charge >= 0.3 is 11.8 Å². The molecule has 9 heteroatoms. The fourth-order valence-electron chi connectivity index (χ4n) is 4.34. The van der Waals surface area contributed by atoms with Crippen LogP contribution in [0.4, 0.5) is 5.69 Å². The number of nitrogens with one attached hydrogen (secondary N) is 1. The molecule has 3 atom stereocenters. The number of aromatic nitrogens is 1. The Kier molecular flexibility index (Phi) is 5.91. The number of primary amides is 2. The minimum absolute atomic E-state index is 0.152. The molecule has 9 nitrogen and oxygen atoms in total. The second kappa shape index (κ2) is 8.37. The molecule has 1 saturated carbocycles. The van der Waals surface area contributed by atoms with E-state index >= 15 is 0 Å². The van der Waals surface area contributed by atoms with E-state index in [0.29, 0.717) is 37.3 Å². The summed E-state index contributed by atoms with van der Waals surface area (Å²) in [6.45, 7) is 1.05. The molecule has 5 N–H and O–H groups in total. The van der Waals surface area contributed by atoms with Gasteiger partial charge in [0, 0.05) is 25.7 Å². The van der Waals surface area contributed by atoms with Gasteiger partial charge in [0.05, 0.1) is 17.4 Å². The van der Waals surface area contributed by atoms with E-state index in [4.69, 9.17) is 11.5 Å². The third-order valence-electron chi connectivity index (χ3n) is 5.73. The minimum atomic E-state index is -0.760. The van der Waals surface area contributed by atoms with Gasteiger partial charge in [-0.15, -0.1) is 0 Å². The highest BCUT2D eigenvalue weighted by atomic mass is 16.2. The molecule has 2 fully saturated rings. The van der Waals surface area contributed by atoms with Crippen molar-refractivity contribution in [1.29, 1.82) is 0 Å². The topological polar surface area (TPSA) is 148 Å². The maximum absolute atomic E-state index is 12.5. The molecule has 2 heterocycles. The first-order valence-electron chi connectivity index (χ1n) is 9.47. The first kappa shape index (κ1) is 19.8. The predicted octanol–water partition coefficient (Wildman–Crippen LogP) is 0.259. The third kappa shape index (κ3) is 4.65. The van der Waals surface area contributed by atoms with Crippen LogP contribution in [-0.2, 0) is 14.4 Å². The van der Waals surface area contributed by atoms with Gasteiger partial charge in [0.2, 0.25) is 11.8 Å². The van der Waals surface area contributed by atoms with Crippen molar-refractivity contribution >= 4 is 29.3 Å². The molecular weight excluding hydrogens is 362 g/mol. The zero-order chi connectivity index (χ0) is 20.3. The lowest BCUT2D eigenvalue weighted by Crippen LogP contribution is -2.49. The summed E-state index contributed by atoms with van der Waals surface area (Å²) in [5.74, 6) is -1.15. The van der Waals surface area contributed by atoms with E-state index in [2.05, 4.69) is 10.3 Å². The minimum Gasteiger partial charge on any atom is -0.370 e. The second-order valence-electron chi connectivity index (χ2n) is 7.69. The molecule has 0 bridgehead atoms. The average Bonchev–Trinajstić information content (AvgIpc) is 2.66. The summed E-state index contributed by atoms with van der Waals surface area (Å²) in [5.41, 5.74) is 10.9. The van der Waals surface area contributed by atoms with Gasteiger partial charge in [0.1, 0.15) is 0 Å². The number of piperidine rings is 1. The van der Waals surface area contributed by atoms with Gasteiger partial charge in [-0.3, -0.25) is 24.2 Å². The fourth-order valence-corrected chi connectivity index (χ4v) is 4.34. The highest BCUT2D eigenvalue weighted by Crippen LogP contribution is 2.40. The summed E-state index contributed by atoms with van der Waals surface area (Å²) in [6.07, 6.45) is 6.68.